The Labute approximate surface area is 196 Å². The molecule has 0 aliphatic rings. The second-order valence-corrected chi connectivity index (χ2v) is 14.2. The summed E-state index contributed by atoms with van der Waals surface area (Å²) in [5.74, 6) is 0. The number of rotatable bonds is 3. The predicted molar refractivity (Wildman–Crippen MR) is 141 cm³/mol. The Morgan fingerprint density at radius 3 is 1.76 bits per heavy atom. The van der Waals surface area contributed by atoms with Gasteiger partial charge in [-0.3, -0.25) is 4.98 Å². The molecule has 4 aromatic carbocycles. The molecule has 0 saturated heterocycles. The maximum atomic E-state index is 9.49. The quantitative estimate of drug-likeness (QED) is 0.272. The minimum atomic E-state index is -2.61. The van der Waals surface area contributed by atoms with Crippen molar-refractivity contribution in [1.82, 2.24) is 4.98 Å². The number of pyridine rings is 1. The molecule has 0 atom stereocenters. The number of aromatic nitrogens is 1. The van der Waals surface area contributed by atoms with Gasteiger partial charge in [0.1, 0.15) is 0 Å². The van der Waals surface area contributed by atoms with Gasteiger partial charge in [-0.1, -0.05) is 106 Å². The van der Waals surface area contributed by atoms with Crippen molar-refractivity contribution in [2.24, 2.45) is 0 Å². The lowest BCUT2D eigenvalue weighted by Gasteiger charge is -2.44. The Balaban J connectivity index is 2.02. The smallest absolute Gasteiger partial charge is 0.177 e. The topological polar surface area (TPSA) is 36.7 Å². The maximum Gasteiger partial charge on any atom is 0.177 e. The van der Waals surface area contributed by atoms with Gasteiger partial charge in [-0.25, -0.2) is 0 Å². The van der Waals surface area contributed by atoms with Gasteiger partial charge in [-0.05, 0) is 39.0 Å². The number of fused-ring (bicyclic) bond motifs is 3. The van der Waals surface area contributed by atoms with E-state index in [1.54, 1.807) is 0 Å². The third-order valence-electron chi connectivity index (χ3n) is 6.72. The third-order valence-corrected chi connectivity index (χ3v) is 12.5. The Morgan fingerprint density at radius 1 is 0.667 bits per heavy atom. The zero-order chi connectivity index (χ0) is 23.1. The molecule has 0 bridgehead atoms. The van der Waals surface area contributed by atoms with E-state index in [1.165, 1.54) is 21.1 Å². The van der Waals surface area contributed by atoms with Crippen molar-refractivity contribution >= 4 is 45.4 Å². The molecule has 0 fully saturated rings. The lowest BCUT2D eigenvalue weighted by Crippen LogP contribution is -2.73. The number of hydrogen-bond acceptors (Lipinski definition) is 2. The largest absolute Gasteiger partial charge is 0.256 e. The van der Waals surface area contributed by atoms with Crippen LogP contribution in [0.2, 0.25) is 5.04 Å². The van der Waals surface area contributed by atoms with Crippen LogP contribution in [0.5, 0.6) is 0 Å². The SMILES string of the molecule is CC(C)(C)[Si](c1ccccc1)(c1ccccc1)c1nc2ccc(C#N)cc2c2ccccc12. The van der Waals surface area contributed by atoms with E-state index < -0.39 is 8.07 Å². The molecule has 160 valence electrons. The molecule has 0 aliphatic heterocycles. The molecule has 0 aliphatic carbocycles. The molecule has 33 heavy (non-hydrogen) atoms. The average Bonchev–Trinajstić information content (AvgIpc) is 2.85. The van der Waals surface area contributed by atoms with Gasteiger partial charge in [-0.15, -0.1) is 0 Å². The van der Waals surface area contributed by atoms with E-state index in [0.717, 1.165) is 16.3 Å². The molecule has 0 spiro atoms. The molecular formula is C30H26N2Si. The van der Waals surface area contributed by atoms with Crippen molar-refractivity contribution in [3.05, 3.63) is 109 Å². The first-order chi connectivity index (χ1) is 16.0. The zero-order valence-corrected chi connectivity index (χ0v) is 20.2. The van der Waals surface area contributed by atoms with Crippen LogP contribution in [-0.2, 0) is 0 Å². The van der Waals surface area contributed by atoms with Gasteiger partial charge in [-0.2, -0.15) is 5.26 Å². The summed E-state index contributed by atoms with van der Waals surface area (Å²) in [7, 11) is -2.61. The fourth-order valence-corrected chi connectivity index (χ4v) is 11.0. The monoisotopic (exact) mass is 442 g/mol. The molecule has 3 heteroatoms. The van der Waals surface area contributed by atoms with Gasteiger partial charge in [0.05, 0.1) is 17.1 Å². The summed E-state index contributed by atoms with van der Waals surface area (Å²) in [5, 5.41) is 16.7. The van der Waals surface area contributed by atoms with Gasteiger partial charge in [0.25, 0.3) is 0 Å². The molecule has 0 N–H and O–H groups in total. The van der Waals surface area contributed by atoms with Gasteiger partial charge < -0.3 is 0 Å². The summed E-state index contributed by atoms with van der Waals surface area (Å²) >= 11 is 0. The van der Waals surface area contributed by atoms with E-state index >= 15 is 0 Å². The second-order valence-electron chi connectivity index (χ2n) is 9.58. The van der Waals surface area contributed by atoms with Crippen molar-refractivity contribution in [3.8, 4) is 6.07 Å². The van der Waals surface area contributed by atoms with Crippen molar-refractivity contribution in [3.63, 3.8) is 0 Å². The lowest BCUT2D eigenvalue weighted by atomic mass is 10.0. The fraction of sp³-hybridized carbons (Fsp3) is 0.133. The van der Waals surface area contributed by atoms with Crippen LogP contribution in [0.25, 0.3) is 21.7 Å². The standard InChI is InChI=1S/C30H26N2Si/c1-30(2,3)33(23-12-6-4-7-13-23,24-14-8-5-9-15-24)29-26-17-11-10-16-25(26)27-20-22(21-31)18-19-28(27)32-29/h4-20H,1-3H3. The van der Waals surface area contributed by atoms with Crippen LogP contribution in [0, 0.1) is 11.3 Å². The second kappa shape index (κ2) is 7.99. The van der Waals surface area contributed by atoms with E-state index in [1.807, 2.05) is 18.2 Å². The summed E-state index contributed by atoms with van der Waals surface area (Å²) < 4.78 is 0. The van der Waals surface area contributed by atoms with Crippen LogP contribution in [0.15, 0.2) is 103 Å². The Hall–Kier alpha value is -3.74. The van der Waals surface area contributed by atoms with E-state index in [0.29, 0.717) is 5.56 Å². The van der Waals surface area contributed by atoms with Crippen molar-refractivity contribution in [2.75, 3.05) is 0 Å². The van der Waals surface area contributed by atoms with E-state index in [4.69, 9.17) is 4.98 Å². The minimum Gasteiger partial charge on any atom is -0.256 e. The third kappa shape index (κ3) is 3.26. The van der Waals surface area contributed by atoms with Crippen molar-refractivity contribution < 1.29 is 0 Å². The van der Waals surface area contributed by atoms with Crippen LogP contribution in [0.1, 0.15) is 26.3 Å². The van der Waals surface area contributed by atoms with Gasteiger partial charge >= 0.3 is 0 Å². The van der Waals surface area contributed by atoms with E-state index in [9.17, 15) is 5.26 Å². The van der Waals surface area contributed by atoms with E-state index in [2.05, 4.69) is 112 Å². The molecule has 5 aromatic rings. The van der Waals surface area contributed by atoms with Gasteiger partial charge in [0.2, 0.25) is 0 Å². The van der Waals surface area contributed by atoms with Gasteiger partial charge in [0.15, 0.2) is 8.07 Å². The summed E-state index contributed by atoms with van der Waals surface area (Å²) in [6, 6.07) is 38.6. The molecular weight excluding hydrogens is 416 g/mol. The molecule has 0 radical (unpaired) electrons. The van der Waals surface area contributed by atoms with Crippen molar-refractivity contribution in [1.29, 1.82) is 5.26 Å². The summed E-state index contributed by atoms with van der Waals surface area (Å²) in [6.45, 7) is 7.08. The average molecular weight is 443 g/mol. The molecule has 5 rings (SSSR count). The summed E-state index contributed by atoms with van der Waals surface area (Å²) in [5.41, 5.74) is 1.60. The van der Waals surface area contributed by atoms with Crippen LogP contribution < -0.4 is 15.7 Å². The number of benzene rings is 4. The van der Waals surface area contributed by atoms with Crippen LogP contribution >= 0.6 is 0 Å². The molecule has 2 nitrogen and oxygen atoms in total. The molecule has 0 unspecified atom stereocenters. The molecule has 1 aromatic heterocycles. The van der Waals surface area contributed by atoms with E-state index in [-0.39, 0.29) is 5.04 Å². The summed E-state index contributed by atoms with van der Waals surface area (Å²) in [6.07, 6.45) is 0. The van der Waals surface area contributed by atoms with Crippen LogP contribution in [-0.4, -0.2) is 13.1 Å². The fourth-order valence-electron chi connectivity index (χ4n) is 5.35. The normalized spacial score (nSPS) is 12.1. The molecule has 0 saturated carbocycles. The Bertz CT molecular complexity index is 1450. The lowest BCUT2D eigenvalue weighted by molar-refractivity contribution is 0.738. The first-order valence-corrected chi connectivity index (χ1v) is 13.3. The number of nitrogens with zero attached hydrogens (tertiary/aromatic N) is 2. The van der Waals surface area contributed by atoms with Gasteiger partial charge in [0, 0.05) is 16.1 Å². The first-order valence-electron chi connectivity index (χ1n) is 11.3. The zero-order valence-electron chi connectivity index (χ0n) is 19.2. The maximum absolute atomic E-state index is 9.49. The highest BCUT2D eigenvalue weighted by Gasteiger charge is 2.51. The Morgan fingerprint density at radius 2 is 1.21 bits per heavy atom. The number of hydrogen-bond donors (Lipinski definition) is 0. The highest BCUT2D eigenvalue weighted by molar-refractivity contribution is 7.13. The van der Waals surface area contributed by atoms with Crippen LogP contribution in [0.3, 0.4) is 0 Å². The minimum absolute atomic E-state index is 0.0499. The van der Waals surface area contributed by atoms with Crippen molar-refractivity contribution in [2.45, 2.75) is 25.8 Å². The number of nitriles is 1. The molecule has 0 amide bonds. The Kier molecular flexibility index (Phi) is 5.11. The predicted octanol–water partition coefficient (Wildman–Crippen LogP) is 5.53. The highest BCUT2D eigenvalue weighted by atomic mass is 28.3. The highest BCUT2D eigenvalue weighted by Crippen LogP contribution is 2.37. The summed E-state index contributed by atoms with van der Waals surface area (Å²) in [4.78, 5) is 5.42. The first kappa shape index (κ1) is 21.1. The van der Waals surface area contributed by atoms with Crippen LogP contribution in [0.4, 0.5) is 0 Å². The molecule has 1 heterocycles.